The van der Waals surface area contributed by atoms with Crippen molar-refractivity contribution in [2.24, 2.45) is 5.92 Å². The number of aromatic nitrogens is 2. The molecule has 1 saturated heterocycles. The molecule has 10 heteroatoms. The number of piperidine rings is 1. The van der Waals surface area contributed by atoms with Crippen molar-refractivity contribution in [3.05, 3.63) is 69.8 Å². The van der Waals surface area contributed by atoms with E-state index in [1.165, 1.54) is 0 Å². The van der Waals surface area contributed by atoms with E-state index in [9.17, 15) is 9.59 Å². The van der Waals surface area contributed by atoms with Gasteiger partial charge in [0, 0.05) is 47.8 Å². The Bertz CT molecular complexity index is 1500. The van der Waals surface area contributed by atoms with Crippen LogP contribution in [0.3, 0.4) is 0 Å². The van der Waals surface area contributed by atoms with Crippen molar-refractivity contribution in [2.45, 2.75) is 71.5 Å². The second-order valence-corrected chi connectivity index (χ2v) is 11.9. The van der Waals surface area contributed by atoms with Crippen LogP contribution in [0.2, 0.25) is 5.02 Å². The number of rotatable bonds is 10. The summed E-state index contributed by atoms with van der Waals surface area (Å²) in [6, 6.07) is 11.5. The van der Waals surface area contributed by atoms with Gasteiger partial charge in [0.2, 0.25) is 5.91 Å². The van der Waals surface area contributed by atoms with Gasteiger partial charge in [-0.25, -0.2) is 4.98 Å². The van der Waals surface area contributed by atoms with Crippen LogP contribution in [0.15, 0.2) is 36.4 Å². The third kappa shape index (κ3) is 6.59. The molecule has 44 heavy (non-hydrogen) atoms. The zero-order valence-corrected chi connectivity index (χ0v) is 27.0. The first-order valence-corrected chi connectivity index (χ1v) is 15.8. The third-order valence-corrected chi connectivity index (χ3v) is 9.07. The molecule has 236 valence electrons. The Morgan fingerprint density at radius 3 is 2.50 bits per heavy atom. The fraction of sp³-hybridized carbons (Fsp3) is 0.500. The Kier molecular flexibility index (Phi) is 10.2. The van der Waals surface area contributed by atoms with Crippen LogP contribution >= 0.6 is 11.6 Å². The molecule has 9 nitrogen and oxygen atoms in total. The van der Waals surface area contributed by atoms with Crippen molar-refractivity contribution in [1.29, 1.82) is 0 Å². The van der Waals surface area contributed by atoms with Crippen LogP contribution in [-0.2, 0) is 19.1 Å². The molecular weight excluding hydrogens is 582 g/mol. The van der Waals surface area contributed by atoms with E-state index in [4.69, 9.17) is 35.5 Å². The number of fused-ring (bicyclic) bond motifs is 3. The molecule has 0 aliphatic carbocycles. The van der Waals surface area contributed by atoms with Gasteiger partial charge in [-0.05, 0) is 76.6 Å². The third-order valence-electron chi connectivity index (χ3n) is 8.84. The summed E-state index contributed by atoms with van der Waals surface area (Å²) in [5, 5.41) is 0.592. The van der Waals surface area contributed by atoms with E-state index in [1.807, 2.05) is 62.1 Å². The van der Waals surface area contributed by atoms with Gasteiger partial charge in [-0.3, -0.25) is 14.2 Å². The Balaban J connectivity index is 1.39. The lowest BCUT2D eigenvalue weighted by atomic mass is 9.92. The number of halogens is 1. The number of hydrogen-bond acceptors (Lipinski definition) is 7. The van der Waals surface area contributed by atoms with Crippen LogP contribution in [0, 0.1) is 19.8 Å². The maximum atomic E-state index is 13.5. The summed E-state index contributed by atoms with van der Waals surface area (Å²) in [4.78, 5) is 32.2. The first-order chi connectivity index (χ1) is 21.2. The molecule has 3 heterocycles. The van der Waals surface area contributed by atoms with Crippen LogP contribution in [0.5, 0.6) is 11.5 Å². The number of carbonyl (C=O) groups excluding carboxylic acids is 2. The number of aryl methyl sites for hydroxylation is 1. The standard InChI is InChI=1S/C34H42ClN3O6/c1-6-43-31(40)15-10-23-16-18-37(19-17-23)30(39)14-13-29-34-36-21(2)22(3)38(34)27-12-11-24(35)20-26(27)32(44-29)25-8-7-9-28(41-4)33(25)42-5/h7-9,11-12,20,23,29,32H,6,10,13-19H2,1-5H3/t29-,32-/m1/s1. The Hall–Kier alpha value is -3.56. The number of likely N-dealkylation sites (tertiary alicyclic amines) is 1. The highest BCUT2D eigenvalue weighted by atomic mass is 35.5. The highest BCUT2D eigenvalue weighted by Gasteiger charge is 2.36. The number of para-hydroxylation sites is 1. The fourth-order valence-electron chi connectivity index (χ4n) is 6.39. The van der Waals surface area contributed by atoms with E-state index in [1.54, 1.807) is 14.2 Å². The molecule has 2 atom stereocenters. The quantitative estimate of drug-likeness (QED) is 0.233. The second-order valence-electron chi connectivity index (χ2n) is 11.5. The summed E-state index contributed by atoms with van der Waals surface area (Å²) in [7, 11) is 3.23. The van der Waals surface area contributed by atoms with Crippen molar-refractivity contribution in [3.8, 4) is 17.2 Å². The van der Waals surface area contributed by atoms with Crippen LogP contribution in [0.1, 0.15) is 86.0 Å². The molecule has 0 spiro atoms. The van der Waals surface area contributed by atoms with Crippen molar-refractivity contribution in [2.75, 3.05) is 33.9 Å². The molecule has 2 aliphatic heterocycles. The van der Waals surface area contributed by atoms with Crippen molar-refractivity contribution in [1.82, 2.24) is 14.5 Å². The topological polar surface area (TPSA) is 92.1 Å². The average Bonchev–Trinajstić information content (AvgIpc) is 3.25. The highest BCUT2D eigenvalue weighted by Crippen LogP contribution is 2.47. The summed E-state index contributed by atoms with van der Waals surface area (Å²) in [5.41, 5.74) is 4.52. The minimum absolute atomic E-state index is 0.101. The minimum atomic E-state index is -0.551. The number of imidazole rings is 1. The van der Waals surface area contributed by atoms with E-state index in [2.05, 4.69) is 4.57 Å². The molecule has 1 amide bonds. The van der Waals surface area contributed by atoms with Crippen LogP contribution < -0.4 is 9.47 Å². The molecular formula is C34H42ClN3O6. The van der Waals surface area contributed by atoms with Gasteiger partial charge < -0.3 is 23.8 Å². The lowest BCUT2D eigenvalue weighted by Gasteiger charge is -2.32. The number of nitrogens with zero attached hydrogens (tertiary/aromatic N) is 3. The molecule has 0 N–H and O–H groups in total. The summed E-state index contributed by atoms with van der Waals surface area (Å²) < 4.78 is 25.6. The Labute approximate surface area is 264 Å². The van der Waals surface area contributed by atoms with E-state index in [0.717, 1.165) is 53.3 Å². The molecule has 0 unspecified atom stereocenters. The maximum absolute atomic E-state index is 13.5. The van der Waals surface area contributed by atoms with Gasteiger partial charge in [0.05, 0.1) is 32.2 Å². The Morgan fingerprint density at radius 2 is 1.80 bits per heavy atom. The molecule has 0 saturated carbocycles. The molecule has 1 fully saturated rings. The van der Waals surface area contributed by atoms with Gasteiger partial charge in [0.15, 0.2) is 11.5 Å². The summed E-state index contributed by atoms with van der Waals surface area (Å²) in [6.07, 6.45) is 2.78. The van der Waals surface area contributed by atoms with Gasteiger partial charge in [-0.1, -0.05) is 23.7 Å². The average molecular weight is 624 g/mol. The number of ether oxygens (including phenoxy) is 4. The van der Waals surface area contributed by atoms with Gasteiger partial charge in [-0.2, -0.15) is 0 Å². The lowest BCUT2D eigenvalue weighted by Crippen LogP contribution is -2.38. The number of amides is 1. The molecule has 0 bridgehead atoms. The van der Waals surface area contributed by atoms with Crippen LogP contribution in [0.25, 0.3) is 5.69 Å². The predicted molar refractivity (Wildman–Crippen MR) is 168 cm³/mol. The van der Waals surface area contributed by atoms with Gasteiger partial charge in [0.1, 0.15) is 18.0 Å². The molecule has 2 aliphatic rings. The normalized spacial score (nSPS) is 18.3. The molecule has 0 radical (unpaired) electrons. The zero-order chi connectivity index (χ0) is 31.4. The Morgan fingerprint density at radius 1 is 1.02 bits per heavy atom. The number of methoxy groups -OCH3 is 2. The van der Waals surface area contributed by atoms with Crippen LogP contribution in [-0.4, -0.2) is 60.2 Å². The van der Waals surface area contributed by atoms with E-state index in [0.29, 0.717) is 61.4 Å². The lowest BCUT2D eigenvalue weighted by molar-refractivity contribution is -0.143. The minimum Gasteiger partial charge on any atom is -0.493 e. The fourth-order valence-corrected chi connectivity index (χ4v) is 6.57. The zero-order valence-electron chi connectivity index (χ0n) is 26.2. The maximum Gasteiger partial charge on any atom is 0.305 e. The van der Waals surface area contributed by atoms with Crippen LogP contribution in [0.4, 0.5) is 0 Å². The summed E-state index contributed by atoms with van der Waals surface area (Å²) >= 11 is 6.56. The highest BCUT2D eigenvalue weighted by molar-refractivity contribution is 6.30. The summed E-state index contributed by atoms with van der Waals surface area (Å²) in [6.45, 7) is 7.65. The molecule has 3 aromatic rings. The number of benzene rings is 2. The largest absolute Gasteiger partial charge is 0.493 e. The van der Waals surface area contributed by atoms with E-state index < -0.39 is 12.2 Å². The monoisotopic (exact) mass is 623 g/mol. The van der Waals surface area contributed by atoms with E-state index >= 15 is 0 Å². The first kappa shape index (κ1) is 31.9. The number of esters is 1. The van der Waals surface area contributed by atoms with Crippen molar-refractivity contribution < 1.29 is 28.5 Å². The predicted octanol–water partition coefficient (Wildman–Crippen LogP) is 6.68. The van der Waals surface area contributed by atoms with Gasteiger partial charge in [0.25, 0.3) is 0 Å². The second kappa shape index (κ2) is 14.0. The molecule has 1 aromatic heterocycles. The smallest absolute Gasteiger partial charge is 0.305 e. The number of hydrogen-bond donors (Lipinski definition) is 0. The van der Waals surface area contributed by atoms with E-state index in [-0.39, 0.29) is 11.9 Å². The van der Waals surface area contributed by atoms with Gasteiger partial charge >= 0.3 is 5.97 Å². The summed E-state index contributed by atoms with van der Waals surface area (Å²) in [5.74, 6) is 2.33. The number of carbonyl (C=O) groups is 2. The van der Waals surface area contributed by atoms with Crippen molar-refractivity contribution >= 4 is 23.5 Å². The SMILES string of the molecule is CCOC(=O)CCC1CCN(C(=O)CC[C@H]2O[C@H](c3cccc(OC)c3OC)c3cc(Cl)ccc3-n3c2nc(C)c3C)CC1. The van der Waals surface area contributed by atoms with Gasteiger partial charge in [-0.15, -0.1) is 0 Å². The molecule has 5 rings (SSSR count). The van der Waals surface area contributed by atoms with Crippen molar-refractivity contribution in [3.63, 3.8) is 0 Å². The molecule has 2 aromatic carbocycles. The first-order valence-electron chi connectivity index (χ1n) is 15.4.